The first kappa shape index (κ1) is 42.0. The number of nitrogen functional groups attached to an aromatic ring is 1. The number of nitrogens with two attached hydrogens (primary N) is 1. The predicted molar refractivity (Wildman–Crippen MR) is 211 cm³/mol. The fourth-order valence-corrected chi connectivity index (χ4v) is 6.47. The van der Waals surface area contributed by atoms with Gasteiger partial charge in [-0.3, -0.25) is 24.7 Å². The molecule has 2 aliphatic rings. The number of para-hydroxylation sites is 2. The largest absolute Gasteiger partial charge is 0.492 e. The monoisotopic (exact) mass is 782 g/mol. The third-order valence-electron chi connectivity index (χ3n) is 8.69. The van der Waals surface area contributed by atoms with Gasteiger partial charge >= 0.3 is 0 Å². The van der Waals surface area contributed by atoms with Crippen LogP contribution in [0.25, 0.3) is 0 Å². The van der Waals surface area contributed by atoms with Crippen LogP contribution in [-0.2, 0) is 4.79 Å². The number of carbonyl (C=O) groups is 1. The molecule has 14 heteroatoms. The standard InChI is InChI=1S/C19H21ClN2O4.C19H23ClN2O2.C2H4O2/c1-19(26-16-7-8-18(22(23)24)17(20)13-16)9-10-21(14-19)11-12-25-15-5-3-2-4-6-15;1-19(24-16-7-8-18(21)17(20)13-16)9-10-22(14-19)11-12-23-15-5-3-2-4-6-15;1-2(3)4/h2-8,13H,9-12,14H2,1H3;2-8,13H,9-12,14,21H2,1H3;1H3,(H,3,4). The van der Waals surface area contributed by atoms with Gasteiger partial charge in [0.15, 0.2) is 0 Å². The van der Waals surface area contributed by atoms with E-state index in [1.165, 1.54) is 12.1 Å². The topological polar surface area (TPSA) is 150 Å². The lowest BCUT2D eigenvalue weighted by molar-refractivity contribution is -0.384. The Bertz CT molecular complexity index is 1800. The van der Waals surface area contributed by atoms with Crippen molar-refractivity contribution < 1.29 is 33.8 Å². The molecule has 2 unspecified atom stereocenters. The second-order valence-corrected chi connectivity index (χ2v) is 14.4. The second kappa shape index (κ2) is 20.1. The summed E-state index contributed by atoms with van der Waals surface area (Å²) in [5.41, 5.74) is 5.63. The summed E-state index contributed by atoms with van der Waals surface area (Å²) in [5.74, 6) is 2.25. The molecule has 0 saturated carbocycles. The number of benzene rings is 4. The molecule has 4 aromatic rings. The molecule has 0 aliphatic carbocycles. The molecule has 3 N–H and O–H groups in total. The van der Waals surface area contributed by atoms with Crippen molar-refractivity contribution in [2.45, 2.75) is 44.8 Å². The number of rotatable bonds is 13. The predicted octanol–water partition coefficient (Wildman–Crippen LogP) is 8.11. The molecule has 2 fully saturated rings. The first-order valence-electron chi connectivity index (χ1n) is 17.6. The zero-order valence-corrected chi connectivity index (χ0v) is 32.3. The number of halogens is 2. The van der Waals surface area contributed by atoms with Gasteiger partial charge in [-0.1, -0.05) is 59.6 Å². The van der Waals surface area contributed by atoms with Crippen molar-refractivity contribution in [3.05, 3.63) is 117 Å². The van der Waals surface area contributed by atoms with Crippen LogP contribution in [0.5, 0.6) is 23.0 Å². The highest BCUT2D eigenvalue weighted by molar-refractivity contribution is 6.33. The Morgan fingerprint density at radius 3 is 1.59 bits per heavy atom. The number of carboxylic acids is 1. The molecule has 0 amide bonds. The minimum atomic E-state index is -0.833. The first-order valence-corrected chi connectivity index (χ1v) is 18.4. The summed E-state index contributed by atoms with van der Waals surface area (Å²) in [6.45, 7) is 11.8. The van der Waals surface area contributed by atoms with Crippen LogP contribution in [0.3, 0.4) is 0 Å². The summed E-state index contributed by atoms with van der Waals surface area (Å²) in [7, 11) is 0. The van der Waals surface area contributed by atoms with E-state index < -0.39 is 10.9 Å². The van der Waals surface area contributed by atoms with Crippen molar-refractivity contribution >= 4 is 40.5 Å². The normalized spacial score (nSPS) is 19.4. The van der Waals surface area contributed by atoms with Gasteiger partial charge in [0.25, 0.3) is 11.7 Å². The maximum Gasteiger partial charge on any atom is 0.300 e. The van der Waals surface area contributed by atoms with E-state index in [0.717, 1.165) is 76.3 Å². The maximum absolute atomic E-state index is 10.8. The maximum atomic E-state index is 10.8. The van der Waals surface area contributed by atoms with Crippen molar-refractivity contribution in [1.82, 2.24) is 9.80 Å². The molecule has 2 heterocycles. The number of likely N-dealkylation sites (tertiary alicyclic amines) is 2. The van der Waals surface area contributed by atoms with E-state index in [9.17, 15) is 10.1 Å². The summed E-state index contributed by atoms with van der Waals surface area (Å²) in [5, 5.41) is 18.9. The fourth-order valence-electron chi connectivity index (χ4n) is 6.06. The number of hydrogen-bond donors (Lipinski definition) is 2. The lowest BCUT2D eigenvalue weighted by Crippen LogP contribution is -2.37. The Balaban J connectivity index is 0.000000220. The van der Waals surface area contributed by atoms with Crippen LogP contribution < -0.4 is 24.7 Å². The minimum absolute atomic E-state index is 0.0854. The van der Waals surface area contributed by atoms with Crippen LogP contribution in [0, 0.1) is 10.1 Å². The third kappa shape index (κ3) is 13.9. The van der Waals surface area contributed by atoms with E-state index in [0.29, 0.717) is 29.7 Å². The molecule has 2 saturated heterocycles. The van der Waals surface area contributed by atoms with Crippen LogP contribution >= 0.6 is 23.2 Å². The summed E-state index contributed by atoms with van der Waals surface area (Å²) in [6.07, 6.45) is 1.84. The summed E-state index contributed by atoms with van der Waals surface area (Å²) < 4.78 is 23.8. The molecule has 290 valence electrons. The van der Waals surface area contributed by atoms with Gasteiger partial charge in [-0.25, -0.2) is 0 Å². The third-order valence-corrected chi connectivity index (χ3v) is 9.32. The van der Waals surface area contributed by atoms with Crippen molar-refractivity contribution in [2.75, 3.05) is 58.2 Å². The zero-order chi connectivity index (χ0) is 39.1. The van der Waals surface area contributed by atoms with Crippen LogP contribution in [-0.4, -0.2) is 89.5 Å². The Kier molecular flexibility index (Phi) is 15.6. The number of carboxylic acid groups (broad SMARTS) is 1. The van der Waals surface area contributed by atoms with Gasteiger partial charge in [0, 0.05) is 77.2 Å². The average molecular weight is 784 g/mol. The molecule has 2 aliphatic heterocycles. The molecule has 2 atom stereocenters. The molecule has 12 nitrogen and oxygen atoms in total. The molecular weight excluding hydrogens is 735 g/mol. The lowest BCUT2D eigenvalue weighted by atomic mass is 10.1. The molecule has 0 bridgehead atoms. The number of aliphatic carboxylic acids is 1. The quantitative estimate of drug-likeness (QED) is 0.0769. The lowest BCUT2D eigenvalue weighted by Gasteiger charge is -2.26. The SMILES string of the molecule is CC(=O)O.CC1(Oc2ccc(N)c(Cl)c2)CCN(CCOc2ccccc2)C1.CC1(Oc2ccc([N+](=O)[O-])c(Cl)c2)CCN(CCOc2ccccc2)C1. The van der Waals surface area contributed by atoms with Crippen molar-refractivity contribution in [3.8, 4) is 23.0 Å². The number of nitrogens with zero attached hydrogens (tertiary/aromatic N) is 3. The smallest absolute Gasteiger partial charge is 0.300 e. The minimum Gasteiger partial charge on any atom is -0.492 e. The number of nitro groups is 1. The van der Waals surface area contributed by atoms with Crippen LogP contribution in [0.4, 0.5) is 11.4 Å². The van der Waals surface area contributed by atoms with Gasteiger partial charge in [-0.2, -0.15) is 0 Å². The molecular formula is C40H48Cl2N4O8. The van der Waals surface area contributed by atoms with E-state index in [1.807, 2.05) is 73.7 Å². The Labute approximate surface area is 326 Å². The van der Waals surface area contributed by atoms with E-state index in [2.05, 4.69) is 16.7 Å². The molecule has 0 aromatic heterocycles. The highest BCUT2D eigenvalue weighted by Crippen LogP contribution is 2.33. The van der Waals surface area contributed by atoms with Gasteiger partial charge < -0.3 is 29.8 Å². The fraction of sp³-hybridized carbons (Fsp3) is 0.375. The van der Waals surface area contributed by atoms with Crippen LogP contribution in [0.15, 0.2) is 97.1 Å². The average Bonchev–Trinajstić information content (AvgIpc) is 3.68. The number of nitro benzene ring substituents is 1. The summed E-state index contributed by atoms with van der Waals surface area (Å²) >= 11 is 12.0. The van der Waals surface area contributed by atoms with Crippen LogP contribution in [0.1, 0.15) is 33.6 Å². The van der Waals surface area contributed by atoms with E-state index in [-0.39, 0.29) is 21.9 Å². The van der Waals surface area contributed by atoms with E-state index in [1.54, 1.807) is 18.2 Å². The Morgan fingerprint density at radius 1 is 0.759 bits per heavy atom. The molecule has 54 heavy (non-hydrogen) atoms. The summed E-state index contributed by atoms with van der Waals surface area (Å²) in [6, 6.07) is 29.5. The molecule has 4 aromatic carbocycles. The van der Waals surface area contributed by atoms with Crippen LogP contribution in [0.2, 0.25) is 10.0 Å². The van der Waals surface area contributed by atoms with Crippen molar-refractivity contribution in [2.24, 2.45) is 0 Å². The summed E-state index contributed by atoms with van der Waals surface area (Å²) in [4.78, 5) is 24.0. The molecule has 6 rings (SSSR count). The molecule has 0 radical (unpaired) electrons. The van der Waals surface area contributed by atoms with Gasteiger partial charge in [0.05, 0.1) is 15.6 Å². The highest BCUT2D eigenvalue weighted by Gasteiger charge is 2.37. The van der Waals surface area contributed by atoms with Gasteiger partial charge in [-0.05, 0) is 56.3 Å². The van der Waals surface area contributed by atoms with Crippen molar-refractivity contribution in [3.63, 3.8) is 0 Å². The van der Waals surface area contributed by atoms with Gasteiger partial charge in [0.1, 0.15) is 52.4 Å². The zero-order valence-electron chi connectivity index (χ0n) is 30.8. The number of anilines is 1. The second-order valence-electron chi connectivity index (χ2n) is 13.6. The molecule has 0 spiro atoms. The number of ether oxygens (including phenoxy) is 4. The first-order chi connectivity index (χ1) is 25.7. The highest BCUT2D eigenvalue weighted by atomic mass is 35.5. The van der Waals surface area contributed by atoms with Gasteiger partial charge in [-0.15, -0.1) is 0 Å². The Hall–Kier alpha value is -4.75. The van der Waals surface area contributed by atoms with Gasteiger partial charge in [0.2, 0.25) is 0 Å². The van der Waals surface area contributed by atoms with Crippen molar-refractivity contribution in [1.29, 1.82) is 0 Å². The van der Waals surface area contributed by atoms with E-state index in [4.69, 9.17) is 57.8 Å². The van der Waals surface area contributed by atoms with E-state index >= 15 is 0 Å². The number of hydrogen-bond acceptors (Lipinski definition) is 10. The Morgan fingerprint density at radius 2 is 1.19 bits per heavy atom.